The fourth-order valence-electron chi connectivity index (χ4n) is 2.16. The average Bonchev–Trinajstić information content (AvgIpc) is 2.80. The van der Waals surface area contributed by atoms with Gasteiger partial charge in [0.2, 0.25) is 0 Å². The van der Waals surface area contributed by atoms with Crippen molar-refractivity contribution in [3.63, 3.8) is 0 Å². The van der Waals surface area contributed by atoms with Crippen LogP contribution in [0.25, 0.3) is 0 Å². The van der Waals surface area contributed by atoms with E-state index in [0.717, 1.165) is 26.2 Å². The Balaban J connectivity index is 2.18. The molecule has 0 amide bonds. The number of ether oxygens (including phenoxy) is 2. The Bertz CT molecular complexity index is 179. The third kappa shape index (κ3) is 7.02. The Hall–Kier alpha value is -0.120. The Kier molecular flexibility index (Phi) is 7.82. The van der Waals surface area contributed by atoms with Gasteiger partial charge in [0.1, 0.15) is 0 Å². The lowest BCUT2D eigenvalue weighted by Crippen LogP contribution is -2.35. The molecule has 2 atom stereocenters. The van der Waals surface area contributed by atoms with E-state index < -0.39 is 0 Å². The minimum Gasteiger partial charge on any atom is -0.378 e. The molecule has 0 aromatic heterocycles. The zero-order chi connectivity index (χ0) is 12.5. The molecule has 0 aliphatic carbocycles. The monoisotopic (exact) mass is 243 g/mol. The van der Waals surface area contributed by atoms with Gasteiger partial charge < -0.3 is 14.8 Å². The molecule has 0 aromatic carbocycles. The smallest absolute Gasteiger partial charge is 0.0623 e. The van der Waals surface area contributed by atoms with Crippen LogP contribution in [0.5, 0.6) is 0 Å². The van der Waals surface area contributed by atoms with Crippen LogP contribution in [0.3, 0.4) is 0 Å². The summed E-state index contributed by atoms with van der Waals surface area (Å²) < 4.78 is 11.4. The molecule has 0 saturated carbocycles. The van der Waals surface area contributed by atoms with E-state index in [1.807, 2.05) is 0 Å². The third-order valence-corrected chi connectivity index (χ3v) is 3.17. The second-order valence-electron chi connectivity index (χ2n) is 5.25. The van der Waals surface area contributed by atoms with E-state index in [0.29, 0.717) is 18.2 Å². The van der Waals surface area contributed by atoms with Crippen molar-refractivity contribution in [2.45, 2.75) is 71.1 Å². The van der Waals surface area contributed by atoms with Gasteiger partial charge in [0.25, 0.3) is 0 Å². The Morgan fingerprint density at radius 2 is 2.24 bits per heavy atom. The van der Waals surface area contributed by atoms with Crippen LogP contribution >= 0.6 is 0 Å². The van der Waals surface area contributed by atoms with E-state index in [2.05, 4.69) is 26.1 Å². The second kappa shape index (κ2) is 8.90. The third-order valence-electron chi connectivity index (χ3n) is 3.17. The summed E-state index contributed by atoms with van der Waals surface area (Å²) in [6.07, 6.45) is 6.81. The van der Waals surface area contributed by atoms with Crippen molar-refractivity contribution in [1.29, 1.82) is 0 Å². The first-order chi connectivity index (χ1) is 8.22. The maximum absolute atomic E-state index is 5.71. The highest BCUT2D eigenvalue weighted by Gasteiger charge is 2.18. The van der Waals surface area contributed by atoms with E-state index >= 15 is 0 Å². The second-order valence-corrected chi connectivity index (χ2v) is 5.25. The lowest BCUT2D eigenvalue weighted by Gasteiger charge is -2.21. The summed E-state index contributed by atoms with van der Waals surface area (Å²) in [5.74, 6) is 0. The van der Waals surface area contributed by atoms with Crippen molar-refractivity contribution in [3.05, 3.63) is 0 Å². The van der Waals surface area contributed by atoms with Crippen LogP contribution in [-0.2, 0) is 9.47 Å². The van der Waals surface area contributed by atoms with Gasteiger partial charge in [0.15, 0.2) is 0 Å². The molecule has 1 aliphatic rings. The van der Waals surface area contributed by atoms with Crippen molar-refractivity contribution in [3.8, 4) is 0 Å². The van der Waals surface area contributed by atoms with Crippen LogP contribution in [-0.4, -0.2) is 38.0 Å². The van der Waals surface area contributed by atoms with Crippen molar-refractivity contribution in [2.75, 3.05) is 19.8 Å². The number of nitrogens with one attached hydrogen (secondary N) is 1. The highest BCUT2D eigenvalue weighted by atomic mass is 16.5. The molecule has 2 unspecified atom stereocenters. The Labute approximate surface area is 106 Å². The number of hydrogen-bond acceptors (Lipinski definition) is 3. The molecular formula is C14H29NO2. The topological polar surface area (TPSA) is 30.5 Å². The highest BCUT2D eigenvalue weighted by Crippen LogP contribution is 2.17. The molecular weight excluding hydrogens is 214 g/mol. The summed E-state index contributed by atoms with van der Waals surface area (Å²) in [7, 11) is 0. The van der Waals surface area contributed by atoms with Crippen LogP contribution in [0.2, 0.25) is 0 Å². The molecule has 1 rings (SSSR count). The molecule has 1 fully saturated rings. The number of hydrogen-bond donors (Lipinski definition) is 1. The van der Waals surface area contributed by atoms with Crippen molar-refractivity contribution in [1.82, 2.24) is 5.32 Å². The molecule has 0 spiro atoms. The summed E-state index contributed by atoms with van der Waals surface area (Å²) in [5.41, 5.74) is 0. The molecule has 0 bridgehead atoms. The van der Waals surface area contributed by atoms with Crippen LogP contribution in [0, 0.1) is 0 Å². The van der Waals surface area contributed by atoms with Gasteiger partial charge in [-0.15, -0.1) is 0 Å². The first-order valence-electron chi connectivity index (χ1n) is 7.19. The molecule has 102 valence electrons. The summed E-state index contributed by atoms with van der Waals surface area (Å²) in [6, 6.07) is 0.488. The van der Waals surface area contributed by atoms with E-state index in [4.69, 9.17) is 9.47 Å². The summed E-state index contributed by atoms with van der Waals surface area (Å²) in [6.45, 7) is 9.25. The van der Waals surface area contributed by atoms with Gasteiger partial charge >= 0.3 is 0 Å². The van der Waals surface area contributed by atoms with Gasteiger partial charge in [-0.25, -0.2) is 0 Å². The van der Waals surface area contributed by atoms with E-state index in [9.17, 15) is 0 Å². The van der Waals surface area contributed by atoms with Crippen molar-refractivity contribution < 1.29 is 9.47 Å². The van der Waals surface area contributed by atoms with Gasteiger partial charge in [-0.2, -0.15) is 0 Å². The summed E-state index contributed by atoms with van der Waals surface area (Å²) >= 11 is 0. The maximum atomic E-state index is 5.71. The fraction of sp³-hybridized carbons (Fsp3) is 1.00. The minimum atomic E-state index is 0.323. The van der Waals surface area contributed by atoms with E-state index in [-0.39, 0.29) is 0 Å². The van der Waals surface area contributed by atoms with Gasteiger partial charge in [-0.05, 0) is 52.5 Å². The van der Waals surface area contributed by atoms with E-state index in [1.54, 1.807) is 0 Å². The number of rotatable bonds is 9. The first-order valence-corrected chi connectivity index (χ1v) is 7.19. The standard InChI is InChI=1S/C14H29NO2/c1-4-9-15-13(11-17-12(2)3)7-8-14-6-5-10-16-14/h12-15H,4-11H2,1-3H3. The SMILES string of the molecule is CCCNC(CCC1CCCO1)COC(C)C. The Morgan fingerprint density at radius 1 is 1.41 bits per heavy atom. The van der Waals surface area contributed by atoms with Gasteiger partial charge in [0.05, 0.1) is 18.8 Å². The van der Waals surface area contributed by atoms with Crippen molar-refractivity contribution >= 4 is 0 Å². The van der Waals surface area contributed by atoms with Gasteiger partial charge in [0, 0.05) is 12.6 Å². The molecule has 1 heterocycles. The van der Waals surface area contributed by atoms with Crippen LogP contribution in [0.4, 0.5) is 0 Å². The molecule has 0 radical (unpaired) electrons. The molecule has 1 N–H and O–H groups in total. The normalized spacial score (nSPS) is 22.2. The predicted octanol–water partition coefficient (Wildman–Crippen LogP) is 2.74. The molecule has 17 heavy (non-hydrogen) atoms. The fourth-order valence-corrected chi connectivity index (χ4v) is 2.16. The zero-order valence-corrected chi connectivity index (χ0v) is 11.7. The molecule has 0 aromatic rings. The molecule has 3 heteroatoms. The largest absolute Gasteiger partial charge is 0.378 e. The summed E-state index contributed by atoms with van der Waals surface area (Å²) in [4.78, 5) is 0. The van der Waals surface area contributed by atoms with Gasteiger partial charge in [-0.3, -0.25) is 0 Å². The lowest BCUT2D eigenvalue weighted by molar-refractivity contribution is 0.0517. The predicted molar refractivity (Wildman–Crippen MR) is 71.4 cm³/mol. The average molecular weight is 243 g/mol. The van der Waals surface area contributed by atoms with E-state index in [1.165, 1.54) is 25.7 Å². The Morgan fingerprint density at radius 3 is 2.82 bits per heavy atom. The minimum absolute atomic E-state index is 0.323. The molecule has 1 aliphatic heterocycles. The maximum Gasteiger partial charge on any atom is 0.0623 e. The molecule has 3 nitrogen and oxygen atoms in total. The lowest BCUT2D eigenvalue weighted by atomic mass is 10.1. The van der Waals surface area contributed by atoms with Gasteiger partial charge in [-0.1, -0.05) is 6.92 Å². The van der Waals surface area contributed by atoms with Crippen LogP contribution < -0.4 is 5.32 Å². The quantitative estimate of drug-likeness (QED) is 0.675. The highest BCUT2D eigenvalue weighted by molar-refractivity contribution is 4.72. The van der Waals surface area contributed by atoms with Crippen LogP contribution in [0.15, 0.2) is 0 Å². The first kappa shape index (κ1) is 14.9. The van der Waals surface area contributed by atoms with Crippen LogP contribution in [0.1, 0.15) is 52.9 Å². The molecule has 1 saturated heterocycles. The summed E-state index contributed by atoms with van der Waals surface area (Å²) in [5, 5.41) is 3.57. The zero-order valence-electron chi connectivity index (χ0n) is 11.7. The van der Waals surface area contributed by atoms with Crippen molar-refractivity contribution in [2.24, 2.45) is 0 Å².